The normalized spacial score (nSPS) is 24.5. The zero-order valence-corrected chi connectivity index (χ0v) is 20.0. The van der Waals surface area contributed by atoms with Gasteiger partial charge in [0.25, 0.3) is 5.91 Å². The third-order valence-corrected chi connectivity index (χ3v) is 8.27. The highest BCUT2D eigenvalue weighted by atomic mass is 79.9. The van der Waals surface area contributed by atoms with Gasteiger partial charge >= 0.3 is 0 Å². The van der Waals surface area contributed by atoms with E-state index in [9.17, 15) is 4.79 Å². The number of likely N-dealkylation sites (N-methyl/N-ethyl adjacent to an activating group) is 1. The van der Waals surface area contributed by atoms with E-state index in [1.54, 1.807) is 4.90 Å². The second kappa shape index (κ2) is 8.13. The van der Waals surface area contributed by atoms with Crippen molar-refractivity contribution in [2.24, 2.45) is 0 Å². The molecule has 5 rings (SSSR count). The summed E-state index contributed by atoms with van der Waals surface area (Å²) in [6, 6.07) is 15.8. The summed E-state index contributed by atoms with van der Waals surface area (Å²) in [5, 5.41) is 0. The van der Waals surface area contributed by atoms with Crippen molar-refractivity contribution in [2.75, 3.05) is 11.4 Å². The Morgan fingerprint density at radius 3 is 2.67 bits per heavy atom. The first kappa shape index (κ1) is 20.3. The van der Waals surface area contributed by atoms with Crippen molar-refractivity contribution < 1.29 is 4.79 Å². The number of rotatable bonds is 3. The minimum atomic E-state index is 0.0278. The number of hydrogen-bond donors (Lipinski definition) is 0. The minimum Gasteiger partial charge on any atom is -0.338 e. The molecule has 3 nitrogen and oxygen atoms in total. The van der Waals surface area contributed by atoms with Gasteiger partial charge in [0, 0.05) is 34.4 Å². The summed E-state index contributed by atoms with van der Waals surface area (Å²) in [6.07, 6.45) is 7.03. The van der Waals surface area contributed by atoms with Crippen molar-refractivity contribution >= 4 is 67.6 Å². The van der Waals surface area contributed by atoms with Crippen molar-refractivity contribution in [1.29, 1.82) is 0 Å². The molecule has 2 aromatic carbocycles. The number of thiocarbonyl (C=S) groups is 1. The lowest BCUT2D eigenvalue weighted by Crippen LogP contribution is -2.32. The highest BCUT2D eigenvalue weighted by Crippen LogP contribution is 2.51. The average molecular weight is 499 g/mol. The van der Waals surface area contributed by atoms with E-state index in [1.165, 1.54) is 54.4 Å². The van der Waals surface area contributed by atoms with Crippen LogP contribution in [0.2, 0.25) is 0 Å². The van der Waals surface area contributed by atoms with Gasteiger partial charge in [-0.05, 0) is 73.4 Å². The van der Waals surface area contributed by atoms with Crippen molar-refractivity contribution in [3.63, 3.8) is 0 Å². The molecule has 2 unspecified atom stereocenters. The number of anilines is 2. The Balaban J connectivity index is 1.53. The lowest BCUT2D eigenvalue weighted by atomic mass is 9.82. The fourth-order valence-corrected chi connectivity index (χ4v) is 6.65. The summed E-state index contributed by atoms with van der Waals surface area (Å²) in [5.41, 5.74) is 5.08. The number of fused-ring (bicyclic) bond motifs is 3. The Kier molecular flexibility index (Phi) is 5.50. The second-order valence-electron chi connectivity index (χ2n) is 8.05. The third-order valence-electron chi connectivity index (χ3n) is 6.36. The zero-order valence-electron chi connectivity index (χ0n) is 16.8. The number of benzene rings is 2. The number of nitrogens with zero attached hydrogens (tertiary/aromatic N) is 2. The van der Waals surface area contributed by atoms with E-state index in [1.807, 2.05) is 13.0 Å². The number of halogens is 1. The van der Waals surface area contributed by atoms with Crippen LogP contribution in [-0.4, -0.2) is 27.7 Å². The maximum atomic E-state index is 12.6. The average Bonchev–Trinajstić information content (AvgIpc) is 3.22. The Morgan fingerprint density at radius 1 is 1.17 bits per heavy atom. The van der Waals surface area contributed by atoms with E-state index < -0.39 is 0 Å². The molecular formula is C24H23BrN2OS2. The van der Waals surface area contributed by atoms with Crippen LogP contribution in [0.4, 0.5) is 11.4 Å². The molecule has 0 radical (unpaired) electrons. The van der Waals surface area contributed by atoms with Crippen LogP contribution in [-0.2, 0) is 4.79 Å². The Bertz CT molecular complexity index is 1050. The van der Waals surface area contributed by atoms with Gasteiger partial charge in [-0.25, -0.2) is 0 Å². The Morgan fingerprint density at radius 2 is 1.93 bits per heavy atom. The van der Waals surface area contributed by atoms with Gasteiger partial charge in [-0.2, -0.15) is 0 Å². The number of thioether (sulfide) groups is 1. The van der Waals surface area contributed by atoms with Gasteiger partial charge in [0.05, 0.1) is 4.91 Å². The summed E-state index contributed by atoms with van der Waals surface area (Å²) >= 11 is 10.3. The second-order valence-corrected chi connectivity index (χ2v) is 10.6. The molecule has 0 N–H and O–H groups in total. The van der Waals surface area contributed by atoms with E-state index in [0.717, 1.165) is 14.9 Å². The first-order valence-corrected chi connectivity index (χ1v) is 12.5. The molecule has 1 saturated heterocycles. The molecule has 2 heterocycles. The summed E-state index contributed by atoms with van der Waals surface area (Å²) in [4.78, 5) is 17.5. The van der Waals surface area contributed by atoms with Gasteiger partial charge in [-0.15, -0.1) is 0 Å². The van der Waals surface area contributed by atoms with Crippen LogP contribution in [0.1, 0.15) is 49.7 Å². The maximum Gasteiger partial charge on any atom is 0.266 e. The van der Waals surface area contributed by atoms with Crippen LogP contribution < -0.4 is 4.90 Å². The number of amides is 1. The molecule has 3 aliphatic rings. The molecule has 0 aromatic heterocycles. The molecule has 154 valence electrons. The number of hydrogen-bond acceptors (Lipinski definition) is 4. The van der Waals surface area contributed by atoms with E-state index in [-0.39, 0.29) is 5.91 Å². The molecular weight excluding hydrogens is 476 g/mol. The third kappa shape index (κ3) is 3.43. The van der Waals surface area contributed by atoms with Gasteiger partial charge in [0.1, 0.15) is 4.32 Å². The van der Waals surface area contributed by atoms with Gasteiger partial charge < -0.3 is 4.90 Å². The predicted molar refractivity (Wildman–Crippen MR) is 133 cm³/mol. The molecule has 2 atom stereocenters. The standard InChI is InChI=1S/C24H23BrN2OS2/c1-2-26-23(28)22(30-24(26)29)14-15-7-12-21-19(13-15)18-5-3-4-6-20(18)27(21)17-10-8-16(25)9-11-17/h7-14,18,20H,2-6H2,1H3. The van der Waals surface area contributed by atoms with Crippen LogP contribution >= 0.6 is 39.9 Å². The highest BCUT2D eigenvalue weighted by Gasteiger charge is 2.40. The summed E-state index contributed by atoms with van der Waals surface area (Å²) in [5.74, 6) is 0.580. The molecule has 1 aliphatic carbocycles. The van der Waals surface area contributed by atoms with Crippen molar-refractivity contribution in [1.82, 2.24) is 4.90 Å². The summed E-state index contributed by atoms with van der Waals surface area (Å²) in [6.45, 7) is 2.58. The minimum absolute atomic E-state index is 0.0278. The van der Waals surface area contributed by atoms with Crippen LogP contribution in [0, 0.1) is 0 Å². The van der Waals surface area contributed by atoms with Gasteiger partial charge in [-0.1, -0.05) is 58.8 Å². The lowest BCUT2D eigenvalue weighted by molar-refractivity contribution is -0.121. The quantitative estimate of drug-likeness (QED) is 0.341. The molecule has 2 aliphatic heterocycles. The first-order valence-electron chi connectivity index (χ1n) is 10.5. The molecule has 2 fully saturated rings. The van der Waals surface area contributed by atoms with Crippen molar-refractivity contribution in [3.8, 4) is 0 Å². The first-order chi connectivity index (χ1) is 14.6. The lowest BCUT2D eigenvalue weighted by Gasteiger charge is -2.33. The van der Waals surface area contributed by atoms with Gasteiger partial charge in [-0.3, -0.25) is 9.69 Å². The Labute approximate surface area is 195 Å². The summed E-state index contributed by atoms with van der Waals surface area (Å²) in [7, 11) is 0. The number of carbonyl (C=O) groups is 1. The molecule has 0 bridgehead atoms. The van der Waals surface area contributed by atoms with Crippen LogP contribution in [0.3, 0.4) is 0 Å². The van der Waals surface area contributed by atoms with Crippen LogP contribution in [0.25, 0.3) is 6.08 Å². The van der Waals surface area contributed by atoms with E-state index >= 15 is 0 Å². The molecule has 0 spiro atoms. The van der Waals surface area contributed by atoms with Crippen molar-refractivity contribution in [3.05, 3.63) is 63.0 Å². The fourth-order valence-electron chi connectivity index (χ4n) is 5.00. The number of carbonyl (C=O) groups excluding carboxylic acids is 1. The molecule has 30 heavy (non-hydrogen) atoms. The predicted octanol–water partition coefficient (Wildman–Crippen LogP) is 6.85. The van der Waals surface area contributed by atoms with E-state index in [4.69, 9.17) is 12.2 Å². The van der Waals surface area contributed by atoms with Crippen LogP contribution in [0.15, 0.2) is 51.8 Å². The highest BCUT2D eigenvalue weighted by molar-refractivity contribution is 9.10. The molecule has 2 aromatic rings. The van der Waals surface area contributed by atoms with Crippen LogP contribution in [0.5, 0.6) is 0 Å². The zero-order chi connectivity index (χ0) is 20.8. The monoisotopic (exact) mass is 498 g/mol. The molecule has 1 saturated carbocycles. The smallest absolute Gasteiger partial charge is 0.266 e. The summed E-state index contributed by atoms with van der Waals surface area (Å²) < 4.78 is 1.76. The fraction of sp³-hybridized carbons (Fsp3) is 0.333. The van der Waals surface area contributed by atoms with Crippen molar-refractivity contribution in [2.45, 2.75) is 44.6 Å². The van der Waals surface area contributed by atoms with E-state index in [0.29, 0.717) is 22.8 Å². The molecule has 6 heteroatoms. The maximum absolute atomic E-state index is 12.6. The van der Waals surface area contributed by atoms with Gasteiger partial charge in [0.15, 0.2) is 0 Å². The van der Waals surface area contributed by atoms with Gasteiger partial charge in [0.2, 0.25) is 0 Å². The topological polar surface area (TPSA) is 23.6 Å². The Hall–Kier alpha value is -1.63. The largest absolute Gasteiger partial charge is 0.338 e. The van der Waals surface area contributed by atoms with E-state index in [2.05, 4.69) is 63.3 Å². The molecule has 1 amide bonds. The SMILES string of the molecule is CCN1C(=O)C(=Cc2ccc3c(c2)C2CCCCC2N3c2ccc(Br)cc2)SC1=S.